The van der Waals surface area contributed by atoms with Gasteiger partial charge in [-0.25, -0.2) is 4.39 Å². The lowest BCUT2D eigenvalue weighted by Crippen LogP contribution is -2.05. The number of halogens is 1. The Morgan fingerprint density at radius 3 is 2.82 bits per heavy atom. The van der Waals surface area contributed by atoms with Crippen LogP contribution in [0.2, 0.25) is 0 Å². The summed E-state index contributed by atoms with van der Waals surface area (Å²) in [5.41, 5.74) is 1.01. The summed E-state index contributed by atoms with van der Waals surface area (Å²) >= 11 is 0. The van der Waals surface area contributed by atoms with Crippen LogP contribution >= 0.6 is 0 Å². The van der Waals surface area contributed by atoms with E-state index in [-0.39, 0.29) is 19.0 Å². The number of benzene rings is 1. The van der Waals surface area contributed by atoms with Crippen molar-refractivity contribution < 1.29 is 14.2 Å². The molecule has 96 valence electrons. The zero-order valence-electron chi connectivity index (χ0n) is 10.6. The van der Waals surface area contributed by atoms with Gasteiger partial charge in [0.2, 0.25) is 0 Å². The molecule has 0 aliphatic rings. The number of hydrogen-bond donors (Lipinski definition) is 1. The number of aliphatic hydroxyl groups excluding tert-OH is 1. The van der Waals surface area contributed by atoms with Gasteiger partial charge in [-0.1, -0.05) is 26.3 Å². The van der Waals surface area contributed by atoms with Crippen molar-refractivity contribution in [3.63, 3.8) is 0 Å². The highest BCUT2D eigenvalue weighted by Gasteiger charge is 2.07. The van der Waals surface area contributed by atoms with Crippen LogP contribution < -0.4 is 4.74 Å². The van der Waals surface area contributed by atoms with Gasteiger partial charge in [0.25, 0.3) is 0 Å². The van der Waals surface area contributed by atoms with Crippen LogP contribution in [0.1, 0.15) is 32.3 Å². The predicted octanol–water partition coefficient (Wildman–Crippen LogP) is 3.18. The Morgan fingerprint density at radius 2 is 2.18 bits per heavy atom. The molecule has 1 rings (SSSR count). The smallest absolute Gasteiger partial charge is 0.126 e. The maximum atomic E-state index is 13.1. The molecule has 0 aliphatic carbocycles. The molecular weight excluding hydrogens is 219 g/mol. The predicted molar refractivity (Wildman–Crippen MR) is 66.8 cm³/mol. The fourth-order valence-corrected chi connectivity index (χ4v) is 1.63. The van der Waals surface area contributed by atoms with Crippen LogP contribution in [0.4, 0.5) is 4.39 Å². The lowest BCUT2D eigenvalue weighted by atomic mass is 9.98. The van der Waals surface area contributed by atoms with Gasteiger partial charge in [0.1, 0.15) is 18.2 Å². The summed E-state index contributed by atoms with van der Waals surface area (Å²) in [7, 11) is 0. The van der Waals surface area contributed by atoms with E-state index in [1.54, 1.807) is 6.07 Å². The van der Waals surface area contributed by atoms with Crippen molar-refractivity contribution in [2.75, 3.05) is 13.2 Å². The van der Waals surface area contributed by atoms with Crippen molar-refractivity contribution in [1.82, 2.24) is 0 Å². The van der Waals surface area contributed by atoms with Crippen LogP contribution in [-0.4, -0.2) is 18.3 Å². The van der Waals surface area contributed by atoms with Crippen molar-refractivity contribution in [2.45, 2.75) is 33.1 Å². The molecule has 1 unspecified atom stereocenters. The van der Waals surface area contributed by atoms with Crippen LogP contribution in [0.3, 0.4) is 0 Å². The molecule has 0 fully saturated rings. The molecule has 2 nitrogen and oxygen atoms in total. The third-order valence-electron chi connectivity index (χ3n) is 2.98. The van der Waals surface area contributed by atoms with Crippen molar-refractivity contribution in [3.05, 3.63) is 29.6 Å². The monoisotopic (exact) mass is 240 g/mol. The number of hydrogen-bond acceptors (Lipinski definition) is 2. The molecule has 0 aliphatic heterocycles. The van der Waals surface area contributed by atoms with E-state index in [1.165, 1.54) is 12.1 Å². The van der Waals surface area contributed by atoms with Gasteiger partial charge in [-0.05, 0) is 30.4 Å². The molecule has 3 heteroatoms. The Balaban J connectivity index is 2.68. The van der Waals surface area contributed by atoms with E-state index in [0.29, 0.717) is 11.7 Å². The summed E-state index contributed by atoms with van der Waals surface area (Å²) in [5, 5.41) is 8.73. The van der Waals surface area contributed by atoms with Crippen LogP contribution in [0.15, 0.2) is 18.2 Å². The van der Waals surface area contributed by atoms with Crippen molar-refractivity contribution >= 4 is 0 Å². The molecule has 1 aromatic carbocycles. The third-order valence-corrected chi connectivity index (χ3v) is 2.98. The van der Waals surface area contributed by atoms with E-state index in [9.17, 15) is 4.39 Å². The summed E-state index contributed by atoms with van der Waals surface area (Å²) in [6, 6.07) is 4.61. The maximum Gasteiger partial charge on any atom is 0.126 e. The topological polar surface area (TPSA) is 29.5 Å². The molecule has 1 aromatic rings. The Labute approximate surface area is 102 Å². The second-order valence-electron chi connectivity index (χ2n) is 4.38. The summed E-state index contributed by atoms with van der Waals surface area (Å²) in [5.74, 6) is 0.915. The van der Waals surface area contributed by atoms with Crippen LogP contribution in [0.25, 0.3) is 0 Å². The Kier molecular flexibility index (Phi) is 5.98. The minimum Gasteiger partial charge on any atom is -0.491 e. The molecule has 0 amide bonds. The Morgan fingerprint density at radius 1 is 1.41 bits per heavy atom. The van der Waals surface area contributed by atoms with Crippen LogP contribution in [0.5, 0.6) is 5.75 Å². The summed E-state index contributed by atoms with van der Waals surface area (Å²) < 4.78 is 18.4. The molecule has 1 N–H and O–H groups in total. The van der Waals surface area contributed by atoms with Crippen molar-refractivity contribution in [1.29, 1.82) is 0 Å². The number of aliphatic hydroxyl groups is 1. The van der Waals surface area contributed by atoms with Gasteiger partial charge < -0.3 is 9.84 Å². The van der Waals surface area contributed by atoms with E-state index >= 15 is 0 Å². The Hall–Kier alpha value is -1.09. The maximum absolute atomic E-state index is 13.1. The zero-order valence-corrected chi connectivity index (χ0v) is 10.6. The molecule has 0 bridgehead atoms. The van der Waals surface area contributed by atoms with E-state index < -0.39 is 0 Å². The SMILES string of the molecule is CCC(C)CCc1ccc(F)cc1OCCO. The van der Waals surface area contributed by atoms with Gasteiger partial charge in [-0.15, -0.1) is 0 Å². The largest absolute Gasteiger partial charge is 0.491 e. The standard InChI is InChI=1S/C14H21FO2/c1-3-11(2)4-5-12-6-7-13(15)10-14(12)17-9-8-16/h6-7,10-11,16H,3-5,8-9H2,1-2H3. The van der Waals surface area contributed by atoms with Gasteiger partial charge >= 0.3 is 0 Å². The number of rotatable bonds is 7. The first-order valence-electron chi connectivity index (χ1n) is 6.19. The average Bonchev–Trinajstić information content (AvgIpc) is 2.34. The van der Waals surface area contributed by atoms with Crippen molar-refractivity contribution in [2.24, 2.45) is 5.92 Å². The first-order chi connectivity index (χ1) is 8.17. The number of aryl methyl sites for hydroxylation is 1. The van der Waals surface area contributed by atoms with E-state index in [1.807, 2.05) is 0 Å². The molecule has 0 saturated carbocycles. The van der Waals surface area contributed by atoms with Crippen molar-refractivity contribution in [3.8, 4) is 5.75 Å². The lowest BCUT2D eigenvalue weighted by Gasteiger charge is -2.13. The summed E-state index contributed by atoms with van der Waals surface area (Å²) in [6.45, 7) is 4.53. The summed E-state index contributed by atoms with van der Waals surface area (Å²) in [6.07, 6.45) is 3.10. The second-order valence-corrected chi connectivity index (χ2v) is 4.38. The van der Waals surface area contributed by atoms with Gasteiger partial charge in [0.05, 0.1) is 6.61 Å². The molecule has 0 heterocycles. The number of ether oxygens (including phenoxy) is 1. The summed E-state index contributed by atoms with van der Waals surface area (Å²) in [4.78, 5) is 0. The zero-order chi connectivity index (χ0) is 12.7. The fourth-order valence-electron chi connectivity index (χ4n) is 1.63. The van der Waals surface area contributed by atoms with Crippen LogP contribution in [-0.2, 0) is 6.42 Å². The van der Waals surface area contributed by atoms with E-state index in [0.717, 1.165) is 24.8 Å². The molecule has 1 atom stereocenters. The molecular formula is C14H21FO2. The normalized spacial score (nSPS) is 12.5. The second kappa shape index (κ2) is 7.28. The van der Waals surface area contributed by atoms with E-state index in [4.69, 9.17) is 9.84 Å². The van der Waals surface area contributed by atoms with Gasteiger partial charge in [-0.2, -0.15) is 0 Å². The van der Waals surface area contributed by atoms with Gasteiger partial charge in [0.15, 0.2) is 0 Å². The first kappa shape index (κ1) is 14.0. The molecule has 0 radical (unpaired) electrons. The van der Waals surface area contributed by atoms with Gasteiger partial charge in [-0.3, -0.25) is 0 Å². The molecule has 0 spiro atoms. The van der Waals surface area contributed by atoms with E-state index in [2.05, 4.69) is 13.8 Å². The Bertz CT molecular complexity index is 339. The highest BCUT2D eigenvalue weighted by molar-refractivity contribution is 5.34. The first-order valence-corrected chi connectivity index (χ1v) is 6.19. The third kappa shape index (κ3) is 4.73. The van der Waals surface area contributed by atoms with Crippen LogP contribution in [0, 0.1) is 11.7 Å². The average molecular weight is 240 g/mol. The fraction of sp³-hybridized carbons (Fsp3) is 0.571. The molecule has 0 saturated heterocycles. The van der Waals surface area contributed by atoms with Gasteiger partial charge in [0, 0.05) is 6.07 Å². The highest BCUT2D eigenvalue weighted by Crippen LogP contribution is 2.23. The minimum absolute atomic E-state index is 0.0542. The molecule has 0 aromatic heterocycles. The quantitative estimate of drug-likeness (QED) is 0.793. The highest BCUT2D eigenvalue weighted by atomic mass is 19.1. The molecule has 17 heavy (non-hydrogen) atoms. The minimum atomic E-state index is -0.301. The lowest BCUT2D eigenvalue weighted by molar-refractivity contribution is 0.199.